The number of carbonyl (C=O) groups is 3. The second-order valence-corrected chi connectivity index (χ2v) is 16.3. The zero-order chi connectivity index (χ0) is 39.1. The van der Waals surface area contributed by atoms with Gasteiger partial charge in [-0.15, -0.1) is 0 Å². The van der Waals surface area contributed by atoms with Crippen LogP contribution in [0.1, 0.15) is 206 Å². The summed E-state index contributed by atoms with van der Waals surface area (Å²) in [6.07, 6.45) is 41.5. The van der Waals surface area contributed by atoms with Crippen molar-refractivity contribution >= 4 is 17.9 Å². The Morgan fingerprint density at radius 2 is 0.755 bits per heavy atom. The smallest absolute Gasteiger partial charge is 0.306 e. The lowest BCUT2D eigenvalue weighted by Gasteiger charge is -2.23. The number of esters is 3. The van der Waals surface area contributed by atoms with Crippen LogP contribution in [0.4, 0.5) is 0 Å². The van der Waals surface area contributed by atoms with Crippen LogP contribution in [0.15, 0.2) is 24.3 Å². The van der Waals surface area contributed by atoms with Gasteiger partial charge < -0.3 is 18.7 Å². The van der Waals surface area contributed by atoms with Gasteiger partial charge in [-0.2, -0.15) is 0 Å². The van der Waals surface area contributed by atoms with Crippen molar-refractivity contribution in [2.75, 3.05) is 40.9 Å². The minimum absolute atomic E-state index is 0.0916. The highest BCUT2D eigenvalue weighted by Gasteiger charge is 2.20. The molecule has 53 heavy (non-hydrogen) atoms. The lowest BCUT2D eigenvalue weighted by Crippen LogP contribution is -2.36. The van der Waals surface area contributed by atoms with Crippen molar-refractivity contribution in [1.82, 2.24) is 0 Å². The molecule has 0 saturated heterocycles. The van der Waals surface area contributed by atoms with E-state index in [4.69, 9.17) is 14.2 Å². The van der Waals surface area contributed by atoms with E-state index in [1.165, 1.54) is 116 Å². The summed E-state index contributed by atoms with van der Waals surface area (Å²) >= 11 is 0. The van der Waals surface area contributed by atoms with Gasteiger partial charge in [-0.25, -0.2) is 0 Å². The third kappa shape index (κ3) is 40.9. The molecule has 0 spiro atoms. The Morgan fingerprint density at radius 3 is 1.11 bits per heavy atom. The molecule has 0 aliphatic heterocycles. The van der Waals surface area contributed by atoms with Crippen LogP contribution in [0.5, 0.6) is 0 Å². The molecule has 0 atom stereocenters. The maximum atomic E-state index is 12.6. The molecule has 0 heterocycles. The summed E-state index contributed by atoms with van der Waals surface area (Å²) in [6.45, 7) is 5.18. The molecule has 0 aromatic rings. The summed E-state index contributed by atoms with van der Waals surface area (Å²) in [5, 5.41) is 0. The molecule has 310 valence electrons. The average molecular weight is 749 g/mol. The van der Waals surface area contributed by atoms with Crippen molar-refractivity contribution in [3.05, 3.63) is 24.3 Å². The van der Waals surface area contributed by atoms with Crippen molar-refractivity contribution in [2.24, 2.45) is 0 Å². The molecule has 7 heteroatoms. The van der Waals surface area contributed by atoms with E-state index in [1.54, 1.807) is 0 Å². The lowest BCUT2D eigenvalue weighted by atomic mass is 10.1. The third-order valence-corrected chi connectivity index (χ3v) is 9.65. The summed E-state index contributed by atoms with van der Waals surface area (Å²) in [5.41, 5.74) is 0. The summed E-state index contributed by atoms with van der Waals surface area (Å²) in [7, 11) is 6.25. The fourth-order valence-electron chi connectivity index (χ4n) is 6.25. The van der Waals surface area contributed by atoms with Crippen LogP contribution in [0, 0.1) is 0 Å². The van der Waals surface area contributed by atoms with E-state index in [0.29, 0.717) is 19.3 Å². The van der Waals surface area contributed by atoms with Crippen LogP contribution >= 0.6 is 0 Å². The van der Waals surface area contributed by atoms with E-state index < -0.39 is 6.10 Å². The van der Waals surface area contributed by atoms with Crippen molar-refractivity contribution in [3.8, 4) is 0 Å². The minimum Gasteiger partial charge on any atom is -0.462 e. The van der Waals surface area contributed by atoms with Crippen LogP contribution in [-0.2, 0) is 28.6 Å². The molecule has 0 aliphatic carbocycles. The van der Waals surface area contributed by atoms with Crippen LogP contribution < -0.4 is 0 Å². The Bertz CT molecular complexity index is 852. The zero-order valence-corrected chi connectivity index (χ0v) is 35.6. The zero-order valence-electron chi connectivity index (χ0n) is 35.6. The Morgan fingerprint density at radius 1 is 0.434 bits per heavy atom. The monoisotopic (exact) mass is 749 g/mol. The van der Waals surface area contributed by atoms with E-state index in [0.717, 1.165) is 62.4 Å². The van der Waals surface area contributed by atoms with Crippen molar-refractivity contribution in [2.45, 2.75) is 213 Å². The normalized spacial score (nSPS) is 12.0. The first-order valence-electron chi connectivity index (χ1n) is 22.3. The number of quaternary nitrogens is 1. The Balaban J connectivity index is 4.22. The van der Waals surface area contributed by atoms with Crippen LogP contribution in [0.2, 0.25) is 0 Å². The molecule has 0 saturated carbocycles. The first-order valence-corrected chi connectivity index (χ1v) is 22.3. The maximum Gasteiger partial charge on any atom is 0.306 e. The van der Waals surface area contributed by atoms with Crippen LogP contribution in [0.25, 0.3) is 0 Å². The number of hydrogen-bond donors (Lipinski definition) is 0. The van der Waals surface area contributed by atoms with E-state index in [1.807, 2.05) is 0 Å². The molecule has 0 aliphatic rings. The van der Waals surface area contributed by atoms with Gasteiger partial charge in [-0.3, -0.25) is 14.4 Å². The van der Waals surface area contributed by atoms with Crippen LogP contribution in [-0.4, -0.2) is 69.4 Å². The van der Waals surface area contributed by atoms with Gasteiger partial charge in [0.2, 0.25) is 0 Å². The molecule has 7 nitrogen and oxygen atoms in total. The quantitative estimate of drug-likeness (QED) is 0.0205. The highest BCUT2D eigenvalue weighted by molar-refractivity contribution is 5.71. The van der Waals surface area contributed by atoms with E-state index >= 15 is 0 Å². The maximum absolute atomic E-state index is 12.6. The highest BCUT2D eigenvalue weighted by atomic mass is 16.6. The first-order chi connectivity index (χ1) is 25.7. The number of carbonyl (C=O) groups excluding carboxylic acids is 3. The molecule has 0 aromatic carbocycles. The average Bonchev–Trinajstić information content (AvgIpc) is 3.12. The number of hydrogen-bond acceptors (Lipinski definition) is 6. The molecule has 0 fully saturated rings. The molecule has 0 radical (unpaired) electrons. The summed E-state index contributed by atoms with van der Waals surface area (Å²) < 4.78 is 17.3. The number of rotatable bonds is 39. The number of nitrogens with zero attached hydrogens (tertiary/aromatic N) is 1. The lowest BCUT2D eigenvalue weighted by molar-refractivity contribution is -0.870. The molecule has 0 N–H and O–H groups in total. The second kappa shape index (κ2) is 38.1. The molecule has 0 rings (SSSR count). The molecule has 0 unspecified atom stereocenters. The van der Waals surface area contributed by atoms with Gasteiger partial charge in [0.1, 0.15) is 13.2 Å². The summed E-state index contributed by atoms with van der Waals surface area (Å²) in [5.74, 6) is -0.952. The SMILES string of the molecule is CCCCCCCC/C=C/CCCCCCCC(=O)OCC(COC(=O)CCCCCCC/C=C/CCCCCCCC)OC(=O)CCC[N+](C)(C)C. The fourth-order valence-corrected chi connectivity index (χ4v) is 6.25. The van der Waals surface area contributed by atoms with Gasteiger partial charge in [0, 0.05) is 19.3 Å². The molecule has 0 bridgehead atoms. The van der Waals surface area contributed by atoms with Crippen molar-refractivity contribution < 1.29 is 33.1 Å². The largest absolute Gasteiger partial charge is 0.462 e. The van der Waals surface area contributed by atoms with Gasteiger partial charge in [0.25, 0.3) is 0 Å². The highest BCUT2D eigenvalue weighted by Crippen LogP contribution is 2.13. The van der Waals surface area contributed by atoms with Crippen LogP contribution in [0.3, 0.4) is 0 Å². The Hall–Kier alpha value is -2.15. The van der Waals surface area contributed by atoms with E-state index in [2.05, 4.69) is 59.3 Å². The summed E-state index contributed by atoms with van der Waals surface area (Å²) in [4.78, 5) is 37.5. The topological polar surface area (TPSA) is 78.9 Å². The minimum atomic E-state index is -0.789. The predicted octanol–water partition coefficient (Wildman–Crippen LogP) is 12.5. The molecule has 0 aromatic heterocycles. The van der Waals surface area contributed by atoms with Gasteiger partial charge in [0.05, 0.1) is 34.1 Å². The predicted molar refractivity (Wildman–Crippen MR) is 223 cm³/mol. The van der Waals surface area contributed by atoms with Gasteiger partial charge in [-0.05, 0) is 64.2 Å². The standard InChI is InChI=1S/C46H86NO6/c1-6-8-10-12-14-16-18-20-22-24-26-28-30-32-34-37-44(48)51-41-43(53-46(50)39-36-40-47(3,4)5)42-52-45(49)38-35-33-31-29-27-25-23-21-19-17-15-13-11-9-7-2/h20-23,43H,6-19,24-42H2,1-5H3/q+1/b22-20+,23-21+. The van der Waals surface area contributed by atoms with Crippen molar-refractivity contribution in [3.63, 3.8) is 0 Å². The number of ether oxygens (including phenoxy) is 3. The molecular weight excluding hydrogens is 663 g/mol. The van der Waals surface area contributed by atoms with Crippen molar-refractivity contribution in [1.29, 1.82) is 0 Å². The Labute approximate surface area is 328 Å². The van der Waals surface area contributed by atoms with Gasteiger partial charge >= 0.3 is 17.9 Å². The summed E-state index contributed by atoms with van der Waals surface area (Å²) in [6, 6.07) is 0. The van der Waals surface area contributed by atoms with Gasteiger partial charge in [0.15, 0.2) is 6.10 Å². The first kappa shape index (κ1) is 50.9. The number of unbranched alkanes of at least 4 members (excludes halogenated alkanes) is 22. The number of allylic oxidation sites excluding steroid dienone is 4. The third-order valence-electron chi connectivity index (χ3n) is 9.65. The van der Waals surface area contributed by atoms with E-state index in [9.17, 15) is 14.4 Å². The molecule has 0 amide bonds. The Kier molecular flexibility index (Phi) is 36.6. The second-order valence-electron chi connectivity index (χ2n) is 16.3. The molecular formula is C46H86NO6+. The van der Waals surface area contributed by atoms with Gasteiger partial charge in [-0.1, -0.05) is 141 Å². The van der Waals surface area contributed by atoms with E-state index in [-0.39, 0.29) is 37.5 Å². The fraction of sp³-hybridized carbons (Fsp3) is 0.848.